The molecule has 1 amide bonds. The van der Waals surface area contributed by atoms with Gasteiger partial charge < -0.3 is 19.8 Å². The van der Waals surface area contributed by atoms with Crippen LogP contribution in [0.4, 0.5) is 0 Å². The highest BCUT2D eigenvalue weighted by Crippen LogP contribution is 2.43. The highest BCUT2D eigenvalue weighted by molar-refractivity contribution is 7.47. The number of carbonyl (C=O) groups excluding carboxylic acids is 1. The van der Waals surface area contributed by atoms with Gasteiger partial charge in [0.2, 0.25) is 5.91 Å². The third kappa shape index (κ3) is 51.8. The smallest absolute Gasteiger partial charge is 0.387 e. The summed E-state index contributed by atoms with van der Waals surface area (Å²) in [5.74, 6) is -0.192. The Morgan fingerprint density at radius 2 is 0.882 bits per heavy atom. The lowest BCUT2D eigenvalue weighted by Gasteiger charge is -2.25. The molecule has 0 heterocycles. The molecular weight excluding hydrogens is 864 g/mol. The van der Waals surface area contributed by atoms with Crippen LogP contribution < -0.4 is 5.32 Å². The van der Waals surface area contributed by atoms with Crippen LogP contribution in [0.1, 0.15) is 245 Å². The highest BCUT2D eigenvalue weighted by atomic mass is 31.2. The first-order valence-corrected chi connectivity index (χ1v) is 29.8. The number of unbranched alkanes of at least 4 members (excludes halogenated alkanes) is 28. The summed E-state index contributed by atoms with van der Waals surface area (Å²) in [7, 11) is 1.54. The zero-order valence-corrected chi connectivity index (χ0v) is 46.0. The maximum Gasteiger partial charge on any atom is 0.472 e. The first-order valence-electron chi connectivity index (χ1n) is 28.3. The monoisotopic (exact) mass is 974 g/mol. The third-order valence-electron chi connectivity index (χ3n) is 12.4. The standard InChI is InChI=1S/C59H109N2O6P/c1-6-8-10-12-14-16-18-19-20-21-22-23-24-25-26-27-28-29-30-31-32-33-34-35-36-37-38-39-40-41-43-45-47-49-51-53-59(63)60-57(56-67-68(64,65)66-55-54-61(3,4)5)58(62)52-50-48-46-44-42-17-15-13-11-9-7-2/h11,13,18-19,21-22,24-25,42,44,50,52,57-58,62H,6-10,12,14-17,20,23,26-41,43,45-49,51,53-56H2,1-5H3,(H-,60,63,64,65)/p+1/b13-11+,19-18-,22-21-,25-24-,44-42+,52-50+. The van der Waals surface area contributed by atoms with Crippen molar-refractivity contribution in [3.05, 3.63) is 72.9 Å². The van der Waals surface area contributed by atoms with Gasteiger partial charge in [-0.05, 0) is 77.0 Å². The number of phosphoric acid groups is 1. The Hall–Kier alpha value is -2.06. The maximum atomic E-state index is 12.9. The lowest BCUT2D eigenvalue weighted by atomic mass is 10.0. The van der Waals surface area contributed by atoms with E-state index >= 15 is 0 Å². The van der Waals surface area contributed by atoms with Crippen molar-refractivity contribution in [3.63, 3.8) is 0 Å². The van der Waals surface area contributed by atoms with E-state index in [-0.39, 0.29) is 19.1 Å². The Morgan fingerprint density at radius 3 is 1.32 bits per heavy atom. The summed E-state index contributed by atoms with van der Waals surface area (Å²) in [5.41, 5.74) is 0. The second kappa shape index (κ2) is 49.9. The highest BCUT2D eigenvalue weighted by Gasteiger charge is 2.27. The number of hydrogen-bond donors (Lipinski definition) is 3. The predicted octanol–water partition coefficient (Wildman–Crippen LogP) is 17.1. The summed E-state index contributed by atoms with van der Waals surface area (Å²) in [5, 5.41) is 13.8. The third-order valence-corrected chi connectivity index (χ3v) is 13.3. The van der Waals surface area contributed by atoms with Gasteiger partial charge in [0.05, 0.1) is 39.9 Å². The van der Waals surface area contributed by atoms with E-state index in [0.29, 0.717) is 17.4 Å². The molecule has 8 nitrogen and oxygen atoms in total. The average molecular weight is 975 g/mol. The van der Waals surface area contributed by atoms with Crippen molar-refractivity contribution in [2.75, 3.05) is 40.9 Å². The molecule has 9 heteroatoms. The number of nitrogens with one attached hydrogen (secondary N) is 1. The Labute approximate surface area is 421 Å². The molecule has 0 aliphatic heterocycles. The van der Waals surface area contributed by atoms with Crippen LogP contribution >= 0.6 is 7.82 Å². The molecule has 3 unspecified atom stereocenters. The summed E-state index contributed by atoms with van der Waals surface area (Å²) >= 11 is 0. The summed E-state index contributed by atoms with van der Waals surface area (Å²) in [4.78, 5) is 23.2. The molecular formula is C59H110N2O6P+. The van der Waals surface area contributed by atoms with Gasteiger partial charge in [-0.2, -0.15) is 0 Å². The van der Waals surface area contributed by atoms with Gasteiger partial charge in [0.15, 0.2) is 0 Å². The van der Waals surface area contributed by atoms with Gasteiger partial charge in [-0.3, -0.25) is 13.8 Å². The number of phosphoric ester groups is 1. The van der Waals surface area contributed by atoms with Crippen molar-refractivity contribution >= 4 is 13.7 Å². The number of allylic oxidation sites excluding steroid dienone is 11. The van der Waals surface area contributed by atoms with Crippen LogP contribution in [0.3, 0.4) is 0 Å². The van der Waals surface area contributed by atoms with Crippen LogP contribution in [0.2, 0.25) is 0 Å². The molecule has 0 radical (unpaired) electrons. The van der Waals surface area contributed by atoms with Crippen LogP contribution in [-0.2, 0) is 18.4 Å². The normalized spacial score (nSPS) is 14.5. The lowest BCUT2D eigenvalue weighted by Crippen LogP contribution is -2.45. The molecule has 0 aliphatic carbocycles. The van der Waals surface area contributed by atoms with Crippen molar-refractivity contribution in [3.8, 4) is 0 Å². The molecule has 396 valence electrons. The Balaban J connectivity index is 3.97. The molecule has 0 saturated carbocycles. The summed E-state index contributed by atoms with van der Waals surface area (Å²) < 4.78 is 23.6. The molecule has 0 rings (SSSR count). The maximum absolute atomic E-state index is 12.9. The molecule has 0 fully saturated rings. The van der Waals surface area contributed by atoms with Gasteiger partial charge in [-0.1, -0.05) is 234 Å². The molecule has 0 saturated heterocycles. The largest absolute Gasteiger partial charge is 0.472 e. The van der Waals surface area contributed by atoms with E-state index < -0.39 is 20.0 Å². The summed E-state index contributed by atoms with van der Waals surface area (Å²) in [6.45, 7) is 4.70. The van der Waals surface area contributed by atoms with Gasteiger partial charge in [0, 0.05) is 6.42 Å². The Bertz CT molecular complexity index is 1330. The Morgan fingerprint density at radius 1 is 0.500 bits per heavy atom. The van der Waals surface area contributed by atoms with E-state index in [9.17, 15) is 19.4 Å². The van der Waals surface area contributed by atoms with Crippen molar-refractivity contribution in [2.24, 2.45) is 0 Å². The van der Waals surface area contributed by atoms with E-state index in [1.165, 1.54) is 161 Å². The lowest BCUT2D eigenvalue weighted by molar-refractivity contribution is -0.870. The van der Waals surface area contributed by atoms with Gasteiger partial charge in [0.1, 0.15) is 13.2 Å². The van der Waals surface area contributed by atoms with Crippen molar-refractivity contribution in [1.29, 1.82) is 0 Å². The number of amides is 1. The van der Waals surface area contributed by atoms with Crippen LogP contribution in [0.25, 0.3) is 0 Å². The first-order chi connectivity index (χ1) is 33.0. The van der Waals surface area contributed by atoms with Gasteiger partial charge in [-0.25, -0.2) is 4.57 Å². The van der Waals surface area contributed by atoms with Gasteiger partial charge >= 0.3 is 7.82 Å². The number of likely N-dealkylation sites (N-methyl/N-ethyl adjacent to an activating group) is 1. The number of aliphatic hydroxyl groups is 1. The molecule has 0 aromatic rings. The molecule has 0 aliphatic rings. The number of quaternary nitrogens is 1. The van der Waals surface area contributed by atoms with Crippen LogP contribution in [-0.4, -0.2) is 73.4 Å². The molecule has 0 bridgehead atoms. The minimum Gasteiger partial charge on any atom is -0.387 e. The molecule has 3 N–H and O–H groups in total. The number of rotatable bonds is 51. The fourth-order valence-corrected chi connectivity index (χ4v) is 8.65. The zero-order chi connectivity index (χ0) is 49.9. The zero-order valence-electron chi connectivity index (χ0n) is 45.1. The second-order valence-corrected chi connectivity index (χ2v) is 21.7. The fourth-order valence-electron chi connectivity index (χ4n) is 7.91. The average Bonchev–Trinajstić information content (AvgIpc) is 3.30. The minimum atomic E-state index is -4.35. The molecule has 68 heavy (non-hydrogen) atoms. The predicted molar refractivity (Wildman–Crippen MR) is 295 cm³/mol. The SMILES string of the molecule is CCC/C=C/CC/C=C/CC/C=C/C(O)C(COP(=O)(O)OCC[N+](C)(C)C)NC(=O)CCCCCCCCCCCCCCCCCCCCCC/C=C\C/C=C\C/C=C\CCCCCCC. The van der Waals surface area contributed by atoms with Gasteiger partial charge in [0.25, 0.3) is 0 Å². The quantitative estimate of drug-likeness (QED) is 0.0243. The number of aliphatic hydroxyl groups excluding tert-OH is 1. The van der Waals surface area contributed by atoms with Crippen LogP contribution in [0, 0.1) is 0 Å². The van der Waals surface area contributed by atoms with Crippen molar-refractivity contribution in [2.45, 2.75) is 257 Å². The molecule has 0 aromatic heterocycles. The first kappa shape index (κ1) is 65.9. The van der Waals surface area contributed by atoms with E-state index in [4.69, 9.17) is 9.05 Å². The topological polar surface area (TPSA) is 105 Å². The van der Waals surface area contributed by atoms with Crippen LogP contribution in [0.15, 0.2) is 72.9 Å². The number of carbonyl (C=O) groups is 1. The number of hydrogen-bond acceptors (Lipinski definition) is 5. The molecule has 0 aromatic carbocycles. The minimum absolute atomic E-state index is 0.0521. The van der Waals surface area contributed by atoms with E-state index in [0.717, 1.165) is 64.2 Å². The van der Waals surface area contributed by atoms with Crippen molar-refractivity contribution in [1.82, 2.24) is 5.32 Å². The fraction of sp³-hybridized carbons (Fsp3) is 0.780. The summed E-state index contributed by atoms with van der Waals surface area (Å²) in [6, 6.07) is -0.870. The second-order valence-electron chi connectivity index (χ2n) is 20.3. The van der Waals surface area contributed by atoms with Crippen molar-refractivity contribution < 1.29 is 32.9 Å². The Kier molecular flexibility index (Phi) is 48.4. The van der Waals surface area contributed by atoms with Crippen LogP contribution in [0.5, 0.6) is 0 Å². The van der Waals surface area contributed by atoms with E-state index in [1.807, 2.05) is 27.2 Å². The summed E-state index contributed by atoms with van der Waals surface area (Å²) in [6.07, 6.45) is 68.9. The molecule has 3 atom stereocenters. The van der Waals surface area contributed by atoms with E-state index in [1.54, 1.807) is 6.08 Å². The molecule has 0 spiro atoms. The number of nitrogens with zero attached hydrogens (tertiary/aromatic N) is 1. The van der Waals surface area contributed by atoms with E-state index in [2.05, 4.69) is 79.9 Å². The van der Waals surface area contributed by atoms with Gasteiger partial charge in [-0.15, -0.1) is 0 Å².